The van der Waals surface area contributed by atoms with Gasteiger partial charge in [0.2, 0.25) is 5.89 Å². The summed E-state index contributed by atoms with van der Waals surface area (Å²) in [6.07, 6.45) is 3.38. The Hall–Kier alpha value is -0.940. The maximum Gasteiger partial charge on any atom is 0.228 e. The molecular formula is C11H20N4O. The van der Waals surface area contributed by atoms with E-state index >= 15 is 0 Å². The highest BCUT2D eigenvalue weighted by Crippen LogP contribution is 2.19. The van der Waals surface area contributed by atoms with Crippen molar-refractivity contribution >= 4 is 0 Å². The summed E-state index contributed by atoms with van der Waals surface area (Å²) in [4.78, 5) is 6.78. The predicted octanol–water partition coefficient (Wildman–Crippen LogP) is 0.987. The Bertz CT molecular complexity index is 338. The molecule has 1 aromatic rings. The Balaban J connectivity index is 1.97. The highest BCUT2D eigenvalue weighted by atomic mass is 16.5. The van der Waals surface area contributed by atoms with Crippen LogP contribution in [0.5, 0.6) is 0 Å². The second kappa shape index (κ2) is 4.93. The molecule has 0 saturated carbocycles. The van der Waals surface area contributed by atoms with Gasteiger partial charge in [0.25, 0.3) is 0 Å². The van der Waals surface area contributed by atoms with Crippen LogP contribution in [0.2, 0.25) is 0 Å². The molecule has 1 aromatic heterocycles. The topological polar surface area (TPSA) is 54.2 Å². The van der Waals surface area contributed by atoms with Gasteiger partial charge in [-0.1, -0.05) is 5.16 Å². The number of aromatic nitrogens is 2. The third-order valence-electron chi connectivity index (χ3n) is 3.39. The van der Waals surface area contributed by atoms with E-state index in [2.05, 4.69) is 27.4 Å². The number of nitrogens with zero attached hydrogens (tertiary/aromatic N) is 3. The zero-order valence-electron chi connectivity index (χ0n) is 10.2. The lowest BCUT2D eigenvalue weighted by atomic mass is 10.1. The Labute approximate surface area is 96.2 Å². The molecule has 0 radical (unpaired) electrons. The first-order valence-corrected chi connectivity index (χ1v) is 5.90. The van der Waals surface area contributed by atoms with E-state index in [1.165, 1.54) is 19.4 Å². The van der Waals surface area contributed by atoms with Crippen LogP contribution < -0.4 is 5.32 Å². The summed E-state index contributed by atoms with van der Waals surface area (Å²) in [7, 11) is 4.05. The van der Waals surface area contributed by atoms with Gasteiger partial charge in [-0.05, 0) is 40.4 Å². The van der Waals surface area contributed by atoms with Crippen molar-refractivity contribution in [3.05, 3.63) is 11.7 Å². The maximum atomic E-state index is 5.27. The Morgan fingerprint density at radius 3 is 3.06 bits per heavy atom. The van der Waals surface area contributed by atoms with Crippen LogP contribution in [0.1, 0.15) is 37.5 Å². The van der Waals surface area contributed by atoms with Crippen molar-refractivity contribution in [3.63, 3.8) is 0 Å². The minimum atomic E-state index is 0.152. The van der Waals surface area contributed by atoms with Gasteiger partial charge >= 0.3 is 0 Å². The van der Waals surface area contributed by atoms with Crippen LogP contribution in [-0.4, -0.2) is 41.7 Å². The van der Waals surface area contributed by atoms with Crippen LogP contribution in [0.25, 0.3) is 0 Å². The molecule has 2 unspecified atom stereocenters. The maximum absolute atomic E-state index is 5.27. The monoisotopic (exact) mass is 224 g/mol. The van der Waals surface area contributed by atoms with Crippen molar-refractivity contribution in [2.75, 3.05) is 20.6 Å². The van der Waals surface area contributed by atoms with Gasteiger partial charge in [-0.2, -0.15) is 4.98 Å². The van der Waals surface area contributed by atoms with E-state index < -0.39 is 0 Å². The third kappa shape index (κ3) is 2.41. The molecule has 1 N–H and O–H groups in total. The van der Waals surface area contributed by atoms with Gasteiger partial charge in [0, 0.05) is 12.5 Å². The molecule has 2 rings (SSSR count). The molecule has 16 heavy (non-hydrogen) atoms. The van der Waals surface area contributed by atoms with Crippen molar-refractivity contribution < 1.29 is 4.52 Å². The first-order chi connectivity index (χ1) is 7.70. The molecule has 1 aliphatic rings. The summed E-state index contributed by atoms with van der Waals surface area (Å²) < 4.78 is 5.27. The molecular weight excluding hydrogens is 204 g/mol. The summed E-state index contributed by atoms with van der Waals surface area (Å²) in [6.45, 7) is 3.20. The summed E-state index contributed by atoms with van der Waals surface area (Å²) in [5.74, 6) is 1.51. The number of nitrogens with one attached hydrogen (secondary N) is 1. The third-order valence-corrected chi connectivity index (χ3v) is 3.39. The lowest BCUT2D eigenvalue weighted by molar-refractivity contribution is 0.278. The van der Waals surface area contributed by atoms with Gasteiger partial charge < -0.3 is 14.7 Å². The molecule has 1 fully saturated rings. The summed E-state index contributed by atoms with van der Waals surface area (Å²) in [5, 5.41) is 7.09. The first-order valence-electron chi connectivity index (χ1n) is 5.90. The fourth-order valence-corrected chi connectivity index (χ4v) is 2.09. The number of likely N-dealkylation sites (N-methyl/N-ethyl adjacent to an activating group) is 1. The van der Waals surface area contributed by atoms with Crippen LogP contribution >= 0.6 is 0 Å². The molecule has 0 aromatic carbocycles. The second-order valence-electron chi connectivity index (χ2n) is 4.54. The highest BCUT2D eigenvalue weighted by Gasteiger charge is 2.23. The molecule has 2 heterocycles. The van der Waals surface area contributed by atoms with E-state index in [9.17, 15) is 0 Å². The van der Waals surface area contributed by atoms with Crippen LogP contribution in [0, 0.1) is 0 Å². The number of likely N-dealkylation sites (tertiary alicyclic amines) is 1. The molecule has 0 bridgehead atoms. The molecule has 0 spiro atoms. The zero-order valence-corrected chi connectivity index (χ0v) is 10.2. The van der Waals surface area contributed by atoms with Crippen molar-refractivity contribution in [3.8, 4) is 0 Å². The van der Waals surface area contributed by atoms with Crippen LogP contribution in [0.3, 0.4) is 0 Å². The fourth-order valence-electron chi connectivity index (χ4n) is 2.09. The van der Waals surface area contributed by atoms with Gasteiger partial charge in [0.1, 0.15) is 0 Å². The van der Waals surface area contributed by atoms with Gasteiger partial charge in [0.05, 0.1) is 6.04 Å². The molecule has 5 heteroatoms. The van der Waals surface area contributed by atoms with Crippen LogP contribution in [0.4, 0.5) is 0 Å². The number of rotatable bonds is 4. The second-order valence-corrected chi connectivity index (χ2v) is 4.54. The van der Waals surface area contributed by atoms with Crippen LogP contribution in [0.15, 0.2) is 4.52 Å². The largest absolute Gasteiger partial charge is 0.339 e. The molecule has 0 aliphatic carbocycles. The number of hydrogen-bond acceptors (Lipinski definition) is 5. The average molecular weight is 224 g/mol. The van der Waals surface area contributed by atoms with E-state index in [1.54, 1.807) is 0 Å². The zero-order chi connectivity index (χ0) is 11.5. The van der Waals surface area contributed by atoms with Crippen molar-refractivity contribution in [1.82, 2.24) is 20.4 Å². The Morgan fingerprint density at radius 1 is 1.62 bits per heavy atom. The van der Waals surface area contributed by atoms with Crippen molar-refractivity contribution in [1.29, 1.82) is 0 Å². The summed E-state index contributed by atoms with van der Waals surface area (Å²) in [6, 6.07) is 0.719. The molecule has 2 atom stereocenters. The summed E-state index contributed by atoms with van der Waals surface area (Å²) in [5.41, 5.74) is 0. The minimum absolute atomic E-state index is 0.152. The molecule has 0 amide bonds. The van der Waals surface area contributed by atoms with Crippen molar-refractivity contribution in [2.24, 2.45) is 0 Å². The lowest BCUT2D eigenvalue weighted by Crippen LogP contribution is -2.27. The number of hydrogen-bond donors (Lipinski definition) is 1. The van der Waals surface area contributed by atoms with E-state index in [4.69, 9.17) is 4.52 Å². The normalized spacial score (nSPS) is 23.8. The van der Waals surface area contributed by atoms with Gasteiger partial charge in [-0.15, -0.1) is 0 Å². The van der Waals surface area contributed by atoms with E-state index in [1.807, 2.05) is 14.0 Å². The Kier molecular flexibility index (Phi) is 3.56. The standard InChI is InChI=1S/C11H20N4O/c1-8(12-2)11-13-10(16-14-11)7-9-5-4-6-15(9)3/h8-9,12H,4-7H2,1-3H3. The molecule has 90 valence electrons. The molecule has 1 aliphatic heterocycles. The smallest absolute Gasteiger partial charge is 0.228 e. The Morgan fingerprint density at radius 2 is 2.44 bits per heavy atom. The van der Waals surface area contributed by atoms with Gasteiger partial charge in [0.15, 0.2) is 5.82 Å². The molecule has 5 nitrogen and oxygen atoms in total. The quantitative estimate of drug-likeness (QED) is 0.826. The fraction of sp³-hybridized carbons (Fsp3) is 0.818. The van der Waals surface area contributed by atoms with E-state index in [0.717, 1.165) is 18.1 Å². The highest BCUT2D eigenvalue weighted by molar-refractivity contribution is 4.95. The molecule has 1 saturated heterocycles. The average Bonchev–Trinajstić information content (AvgIpc) is 2.89. The SMILES string of the molecule is CNC(C)c1noc(CC2CCCN2C)n1. The van der Waals surface area contributed by atoms with Gasteiger partial charge in [-0.3, -0.25) is 0 Å². The van der Waals surface area contributed by atoms with Crippen molar-refractivity contribution in [2.45, 2.75) is 38.3 Å². The summed E-state index contributed by atoms with van der Waals surface area (Å²) >= 11 is 0. The lowest BCUT2D eigenvalue weighted by Gasteiger charge is -2.16. The van der Waals surface area contributed by atoms with Crippen LogP contribution in [-0.2, 0) is 6.42 Å². The predicted molar refractivity (Wildman–Crippen MR) is 61.1 cm³/mol. The minimum Gasteiger partial charge on any atom is -0.339 e. The van der Waals surface area contributed by atoms with Gasteiger partial charge in [-0.25, -0.2) is 0 Å². The first kappa shape index (κ1) is 11.5. The van der Waals surface area contributed by atoms with E-state index in [-0.39, 0.29) is 6.04 Å². The van der Waals surface area contributed by atoms with E-state index in [0.29, 0.717) is 6.04 Å².